The molecule has 1 aliphatic rings. The minimum Gasteiger partial charge on any atom is -0.457 e. The molecule has 0 unspecified atom stereocenters. The fourth-order valence-electron chi connectivity index (χ4n) is 4.15. The number of hydrogen-bond donors (Lipinski definition) is 0. The van der Waals surface area contributed by atoms with Crippen molar-refractivity contribution in [1.29, 1.82) is 0 Å². The Labute approximate surface area is 203 Å². The van der Waals surface area contributed by atoms with Crippen molar-refractivity contribution < 1.29 is 23.1 Å². The minimum atomic E-state index is -1.12. The summed E-state index contributed by atoms with van der Waals surface area (Å²) in [6, 6.07) is 9.86. The second-order valence-corrected chi connectivity index (χ2v) is 9.05. The van der Waals surface area contributed by atoms with Gasteiger partial charge in [-0.05, 0) is 32.0 Å². The maximum atomic E-state index is 15.0. The highest BCUT2D eigenvalue weighted by Gasteiger charge is 2.46. The molecule has 3 heterocycles. The van der Waals surface area contributed by atoms with E-state index in [-0.39, 0.29) is 39.1 Å². The monoisotopic (exact) mass is 490 g/mol. The van der Waals surface area contributed by atoms with E-state index in [1.54, 1.807) is 31.2 Å². The number of ether oxygens (including phenoxy) is 1. The Kier molecular flexibility index (Phi) is 5.56. The van der Waals surface area contributed by atoms with Crippen molar-refractivity contribution in [3.05, 3.63) is 104 Å². The molecule has 0 spiro atoms. The van der Waals surface area contributed by atoms with Gasteiger partial charge >= 0.3 is 5.97 Å². The average Bonchev–Trinajstić information content (AvgIpc) is 3.36. The number of halogens is 1. The van der Waals surface area contributed by atoms with Crippen molar-refractivity contribution in [3.63, 3.8) is 0 Å². The van der Waals surface area contributed by atoms with Crippen LogP contribution in [0, 0.1) is 19.7 Å². The van der Waals surface area contributed by atoms with Gasteiger partial charge in [-0.1, -0.05) is 53.8 Å². The highest BCUT2D eigenvalue weighted by Crippen LogP contribution is 2.43. The normalized spacial score (nSPS) is 14.9. The number of aryl methyl sites for hydroxylation is 2. The molecule has 0 N–H and O–H groups in total. The van der Waals surface area contributed by atoms with Gasteiger partial charge in [0.05, 0.1) is 16.6 Å². The maximum Gasteiger partial charge on any atom is 0.350 e. The fraction of sp³-hybridized carbons (Fsp3) is 0.154. The van der Waals surface area contributed by atoms with E-state index in [1.165, 1.54) is 29.2 Å². The second-order valence-electron chi connectivity index (χ2n) is 8.07. The molecule has 176 valence electrons. The molecular weight excluding hydrogens is 471 g/mol. The van der Waals surface area contributed by atoms with Crippen molar-refractivity contribution >= 4 is 39.3 Å². The molecule has 0 bridgehead atoms. The summed E-state index contributed by atoms with van der Waals surface area (Å²) in [5.74, 6) is -2.03. The molecule has 0 fully saturated rings. The number of anilines is 1. The number of hydrogen-bond acceptors (Lipinski definition) is 7. The summed E-state index contributed by atoms with van der Waals surface area (Å²) < 4.78 is 26.1. The lowest BCUT2D eigenvalue weighted by molar-refractivity contribution is 0.0554. The van der Waals surface area contributed by atoms with Crippen LogP contribution >= 0.6 is 11.3 Å². The van der Waals surface area contributed by atoms with Gasteiger partial charge < -0.3 is 9.15 Å². The lowest BCUT2D eigenvalue weighted by atomic mass is 9.98. The molecule has 7 nitrogen and oxygen atoms in total. The Hall–Kier alpha value is -4.11. The predicted octanol–water partition coefficient (Wildman–Crippen LogP) is 5.10. The highest BCUT2D eigenvalue weighted by atomic mass is 32.1. The first-order valence-corrected chi connectivity index (χ1v) is 11.5. The fourth-order valence-corrected chi connectivity index (χ4v) is 5.14. The van der Waals surface area contributed by atoms with E-state index in [1.807, 2.05) is 6.92 Å². The lowest BCUT2D eigenvalue weighted by Crippen LogP contribution is -2.30. The van der Waals surface area contributed by atoms with Crippen molar-refractivity contribution in [2.24, 2.45) is 0 Å². The topological polar surface area (TPSA) is 89.7 Å². The molecule has 1 atom stereocenters. The Morgan fingerprint density at radius 2 is 2.03 bits per heavy atom. The number of carbonyl (C=O) groups is 2. The van der Waals surface area contributed by atoms with Crippen LogP contribution in [-0.2, 0) is 4.74 Å². The molecule has 0 saturated carbocycles. The van der Waals surface area contributed by atoms with Gasteiger partial charge in [0.25, 0.3) is 5.91 Å². The Morgan fingerprint density at radius 1 is 1.26 bits per heavy atom. The van der Waals surface area contributed by atoms with E-state index in [9.17, 15) is 14.4 Å². The molecule has 1 aliphatic heterocycles. The Morgan fingerprint density at radius 3 is 2.77 bits per heavy atom. The third-order valence-corrected chi connectivity index (χ3v) is 6.87. The summed E-state index contributed by atoms with van der Waals surface area (Å²) in [4.78, 5) is 45.5. The van der Waals surface area contributed by atoms with Crippen LogP contribution < -0.4 is 10.3 Å². The number of fused-ring (bicyclic) bond motifs is 2. The van der Waals surface area contributed by atoms with Gasteiger partial charge in [-0.2, -0.15) is 0 Å². The number of nitrogens with zero attached hydrogens (tertiary/aromatic N) is 2. The van der Waals surface area contributed by atoms with Gasteiger partial charge in [0.2, 0.25) is 5.76 Å². The SMILES string of the molecule is C=CCOC(=O)c1sc(N2C(=O)c3oc4ccc(C)cc4c(=O)c3[C@H]2c2ccccc2F)nc1C. The maximum absolute atomic E-state index is 15.0. The van der Waals surface area contributed by atoms with Crippen molar-refractivity contribution in [3.8, 4) is 0 Å². The molecule has 0 saturated heterocycles. The van der Waals surface area contributed by atoms with Crippen LogP contribution in [0.3, 0.4) is 0 Å². The molecule has 0 aliphatic carbocycles. The number of esters is 1. The predicted molar refractivity (Wildman–Crippen MR) is 130 cm³/mol. The molecule has 9 heteroatoms. The summed E-state index contributed by atoms with van der Waals surface area (Å²) in [5, 5.41) is 0.418. The number of rotatable bonds is 5. The minimum absolute atomic E-state index is 0.0157. The van der Waals surface area contributed by atoms with E-state index < -0.39 is 29.2 Å². The third-order valence-electron chi connectivity index (χ3n) is 5.73. The number of benzene rings is 2. The zero-order valence-corrected chi connectivity index (χ0v) is 19.6. The Bertz CT molecular complexity index is 1590. The van der Waals surface area contributed by atoms with E-state index >= 15 is 4.39 Å². The molecular formula is C26H19FN2O5S. The van der Waals surface area contributed by atoms with E-state index in [4.69, 9.17) is 9.15 Å². The van der Waals surface area contributed by atoms with Crippen LogP contribution in [0.15, 0.2) is 64.3 Å². The molecule has 2 aromatic carbocycles. The summed E-state index contributed by atoms with van der Waals surface area (Å²) in [6.07, 6.45) is 1.44. The number of amides is 1. The second kappa shape index (κ2) is 8.59. The molecule has 4 aromatic rings. The first kappa shape index (κ1) is 22.7. The van der Waals surface area contributed by atoms with Crippen LogP contribution in [0.25, 0.3) is 11.0 Å². The molecule has 35 heavy (non-hydrogen) atoms. The summed E-state index contributed by atoms with van der Waals surface area (Å²) >= 11 is 0.926. The summed E-state index contributed by atoms with van der Waals surface area (Å²) in [7, 11) is 0. The van der Waals surface area contributed by atoms with Gasteiger partial charge in [-0.3, -0.25) is 14.5 Å². The smallest absolute Gasteiger partial charge is 0.350 e. The lowest BCUT2D eigenvalue weighted by Gasteiger charge is -2.22. The molecule has 5 rings (SSSR count). The average molecular weight is 491 g/mol. The van der Waals surface area contributed by atoms with Gasteiger partial charge in [0.1, 0.15) is 28.9 Å². The number of aromatic nitrogens is 1. The molecule has 2 aromatic heterocycles. The standard InChI is InChI=1S/C26H19FN2O5S/c1-4-11-33-25(32)23-14(3)28-26(35-23)29-20(15-7-5-6-8-17(15)27)19-21(30)16-12-13(2)9-10-18(16)34-22(19)24(29)31/h4-10,12,20H,1,11H2,2-3H3/t20-/m1/s1. The highest BCUT2D eigenvalue weighted by molar-refractivity contribution is 7.17. The van der Waals surface area contributed by atoms with Crippen molar-refractivity contribution in [2.45, 2.75) is 19.9 Å². The van der Waals surface area contributed by atoms with Crippen molar-refractivity contribution in [1.82, 2.24) is 4.98 Å². The van der Waals surface area contributed by atoms with E-state index in [2.05, 4.69) is 11.6 Å². The molecule has 1 amide bonds. The van der Waals surface area contributed by atoms with Crippen LogP contribution in [0.4, 0.5) is 9.52 Å². The summed E-state index contributed by atoms with van der Waals surface area (Å²) in [6.45, 7) is 6.98. The van der Waals surface area contributed by atoms with E-state index in [0.717, 1.165) is 16.9 Å². The zero-order valence-electron chi connectivity index (χ0n) is 18.8. The van der Waals surface area contributed by atoms with Crippen LogP contribution in [0.5, 0.6) is 0 Å². The van der Waals surface area contributed by atoms with Gasteiger partial charge in [-0.25, -0.2) is 14.2 Å². The first-order valence-electron chi connectivity index (χ1n) is 10.7. The quantitative estimate of drug-likeness (QED) is 0.286. The van der Waals surface area contributed by atoms with Gasteiger partial charge in [0.15, 0.2) is 10.6 Å². The van der Waals surface area contributed by atoms with Crippen molar-refractivity contribution in [2.75, 3.05) is 11.5 Å². The summed E-state index contributed by atoms with van der Waals surface area (Å²) in [5.41, 5.74) is 1.16. The largest absolute Gasteiger partial charge is 0.457 e. The van der Waals surface area contributed by atoms with E-state index in [0.29, 0.717) is 11.1 Å². The van der Waals surface area contributed by atoms with Gasteiger partial charge in [-0.15, -0.1) is 0 Å². The van der Waals surface area contributed by atoms with Gasteiger partial charge in [0, 0.05) is 5.56 Å². The van der Waals surface area contributed by atoms with Crippen LogP contribution in [0.2, 0.25) is 0 Å². The Balaban J connectivity index is 1.74. The van der Waals surface area contributed by atoms with Crippen LogP contribution in [-0.4, -0.2) is 23.5 Å². The zero-order chi connectivity index (χ0) is 24.9. The van der Waals surface area contributed by atoms with Crippen LogP contribution in [0.1, 0.15) is 48.7 Å². The molecule has 0 radical (unpaired) electrons. The first-order chi connectivity index (χ1) is 16.8. The third kappa shape index (κ3) is 3.64. The number of thiazole rings is 1. The number of carbonyl (C=O) groups excluding carboxylic acids is 2.